The van der Waals surface area contributed by atoms with E-state index in [2.05, 4.69) is 5.32 Å². The van der Waals surface area contributed by atoms with Gasteiger partial charge < -0.3 is 19.4 Å². The minimum atomic E-state index is -3.33. The van der Waals surface area contributed by atoms with Crippen molar-refractivity contribution in [3.8, 4) is 5.75 Å². The third kappa shape index (κ3) is 4.14. The lowest BCUT2D eigenvalue weighted by Gasteiger charge is -2.38. The van der Waals surface area contributed by atoms with Crippen molar-refractivity contribution < 1.29 is 22.4 Å². The van der Waals surface area contributed by atoms with Gasteiger partial charge in [-0.25, -0.2) is 13.2 Å². The molecule has 1 aliphatic rings. The van der Waals surface area contributed by atoms with Gasteiger partial charge in [-0.15, -0.1) is 0 Å². The van der Waals surface area contributed by atoms with E-state index in [4.69, 9.17) is 9.15 Å². The third-order valence-electron chi connectivity index (χ3n) is 3.98. The zero-order valence-corrected chi connectivity index (χ0v) is 14.7. The number of anilines is 1. The maximum atomic E-state index is 12.3. The summed E-state index contributed by atoms with van der Waals surface area (Å²) in [5.41, 5.74) is 0.635. The summed E-state index contributed by atoms with van der Waals surface area (Å²) in [4.78, 5) is 13.6. The third-order valence-corrected chi connectivity index (χ3v) is 5.98. The van der Waals surface area contributed by atoms with Gasteiger partial charge in [0.2, 0.25) is 0 Å². The number of urea groups is 1. The van der Waals surface area contributed by atoms with Crippen LogP contribution in [-0.4, -0.2) is 44.3 Å². The van der Waals surface area contributed by atoms with E-state index in [1.807, 2.05) is 6.92 Å². The molecule has 0 spiro atoms. The number of nitrogens with zero attached hydrogens (tertiary/aromatic N) is 1. The second kappa shape index (κ2) is 7.18. The number of benzene rings is 1. The Labute approximate surface area is 146 Å². The fourth-order valence-electron chi connectivity index (χ4n) is 2.55. The van der Waals surface area contributed by atoms with E-state index in [1.54, 1.807) is 36.4 Å². The Hall–Kier alpha value is -2.48. The highest BCUT2D eigenvalue weighted by molar-refractivity contribution is 7.91. The van der Waals surface area contributed by atoms with Gasteiger partial charge in [0.15, 0.2) is 9.84 Å². The molecule has 0 aliphatic carbocycles. The number of rotatable bonds is 6. The van der Waals surface area contributed by atoms with Crippen molar-refractivity contribution in [1.29, 1.82) is 0 Å². The maximum absolute atomic E-state index is 12.3. The Morgan fingerprint density at radius 3 is 2.60 bits per heavy atom. The molecule has 8 heteroatoms. The van der Waals surface area contributed by atoms with Crippen LogP contribution in [0.5, 0.6) is 5.75 Å². The summed E-state index contributed by atoms with van der Waals surface area (Å²) in [6.07, 6.45) is 1.45. The van der Waals surface area contributed by atoms with Gasteiger partial charge in [-0.3, -0.25) is 0 Å². The van der Waals surface area contributed by atoms with Gasteiger partial charge in [0, 0.05) is 18.8 Å². The molecule has 1 aromatic heterocycles. The Morgan fingerprint density at radius 1 is 1.28 bits per heavy atom. The van der Waals surface area contributed by atoms with Crippen molar-refractivity contribution in [3.63, 3.8) is 0 Å². The van der Waals surface area contributed by atoms with Gasteiger partial charge in [0.05, 0.1) is 18.1 Å². The first kappa shape index (κ1) is 17.3. The molecule has 0 atom stereocenters. The minimum Gasteiger partial charge on any atom is -0.494 e. The first-order valence-electron chi connectivity index (χ1n) is 8.00. The monoisotopic (exact) mass is 364 g/mol. The van der Waals surface area contributed by atoms with E-state index in [9.17, 15) is 13.2 Å². The van der Waals surface area contributed by atoms with Crippen molar-refractivity contribution in [1.82, 2.24) is 4.90 Å². The van der Waals surface area contributed by atoms with Crippen LogP contribution in [0.25, 0.3) is 0 Å². The van der Waals surface area contributed by atoms with Crippen LogP contribution in [-0.2, 0) is 15.6 Å². The normalized spacial score (nSPS) is 14.8. The summed E-state index contributed by atoms with van der Waals surface area (Å²) < 4.78 is 35.0. The molecule has 134 valence electrons. The van der Waals surface area contributed by atoms with E-state index >= 15 is 0 Å². The molecule has 0 unspecified atom stereocenters. The Morgan fingerprint density at radius 2 is 2.00 bits per heavy atom. The van der Waals surface area contributed by atoms with E-state index in [0.29, 0.717) is 18.1 Å². The minimum absolute atomic E-state index is 0.140. The molecule has 0 bridgehead atoms. The predicted octanol–water partition coefficient (Wildman–Crippen LogP) is 2.51. The average molecular weight is 364 g/mol. The summed E-state index contributed by atoms with van der Waals surface area (Å²) >= 11 is 0. The number of carbonyl (C=O) groups excluding carboxylic acids is 1. The van der Waals surface area contributed by atoms with Crippen LogP contribution in [0.4, 0.5) is 10.5 Å². The second-order valence-electron chi connectivity index (χ2n) is 5.80. The van der Waals surface area contributed by atoms with Crippen LogP contribution in [0.15, 0.2) is 47.1 Å². The number of likely N-dealkylation sites (tertiary alicyclic amines) is 1. The SMILES string of the molecule is CCOc1ccc(NC(=O)N2CC(S(=O)(=O)Cc3ccco3)C2)cc1. The molecule has 7 nitrogen and oxygen atoms in total. The van der Waals surface area contributed by atoms with E-state index in [-0.39, 0.29) is 24.9 Å². The fourth-order valence-corrected chi connectivity index (χ4v) is 4.16. The smallest absolute Gasteiger partial charge is 0.321 e. The molecule has 2 amide bonds. The lowest BCUT2D eigenvalue weighted by molar-refractivity contribution is 0.182. The number of ether oxygens (including phenoxy) is 1. The number of nitrogens with one attached hydrogen (secondary N) is 1. The van der Waals surface area contributed by atoms with Crippen LogP contribution in [0.2, 0.25) is 0 Å². The molecule has 2 heterocycles. The maximum Gasteiger partial charge on any atom is 0.321 e. The van der Waals surface area contributed by atoms with E-state index in [0.717, 1.165) is 5.75 Å². The first-order chi connectivity index (χ1) is 12.0. The molecule has 1 N–H and O–H groups in total. The van der Waals surface area contributed by atoms with Crippen LogP contribution in [0.1, 0.15) is 12.7 Å². The van der Waals surface area contributed by atoms with Gasteiger partial charge in [-0.05, 0) is 43.3 Å². The lowest BCUT2D eigenvalue weighted by atomic mass is 10.2. The molecular weight excluding hydrogens is 344 g/mol. The predicted molar refractivity (Wildman–Crippen MR) is 93.3 cm³/mol. The molecule has 1 fully saturated rings. The number of carbonyl (C=O) groups is 1. The van der Waals surface area contributed by atoms with Crippen molar-refractivity contribution in [2.24, 2.45) is 0 Å². The number of furan rings is 1. The lowest BCUT2D eigenvalue weighted by Crippen LogP contribution is -2.58. The van der Waals surface area contributed by atoms with Crippen molar-refractivity contribution in [2.75, 3.05) is 25.0 Å². The molecule has 2 aromatic rings. The number of hydrogen-bond acceptors (Lipinski definition) is 5. The average Bonchev–Trinajstić information content (AvgIpc) is 2.99. The van der Waals surface area contributed by atoms with Crippen molar-refractivity contribution >= 4 is 21.6 Å². The molecule has 1 aromatic carbocycles. The van der Waals surface area contributed by atoms with Gasteiger partial charge in [0.25, 0.3) is 0 Å². The molecule has 3 rings (SSSR count). The van der Waals surface area contributed by atoms with Crippen molar-refractivity contribution in [2.45, 2.75) is 17.9 Å². The van der Waals surface area contributed by atoms with Crippen LogP contribution < -0.4 is 10.1 Å². The Bertz CT molecular complexity index is 809. The highest BCUT2D eigenvalue weighted by Crippen LogP contribution is 2.22. The molecule has 1 saturated heterocycles. The van der Waals surface area contributed by atoms with Crippen molar-refractivity contribution in [3.05, 3.63) is 48.4 Å². The molecule has 25 heavy (non-hydrogen) atoms. The van der Waals surface area contributed by atoms with Gasteiger partial charge in [-0.2, -0.15) is 0 Å². The van der Waals surface area contributed by atoms with E-state index in [1.165, 1.54) is 11.2 Å². The molecule has 0 saturated carbocycles. The summed E-state index contributed by atoms with van der Waals surface area (Å²) in [6.45, 7) is 2.85. The summed E-state index contributed by atoms with van der Waals surface area (Å²) in [6, 6.07) is 10.0. The quantitative estimate of drug-likeness (QED) is 0.851. The standard InChI is InChI=1S/C17H20N2O5S/c1-2-23-14-7-5-13(6-8-14)18-17(20)19-10-16(11-19)25(21,22)12-15-4-3-9-24-15/h3-9,16H,2,10-12H2,1H3,(H,18,20). The Balaban J connectivity index is 1.51. The van der Waals surface area contributed by atoms with Crippen LogP contribution in [0, 0.1) is 0 Å². The highest BCUT2D eigenvalue weighted by Gasteiger charge is 2.40. The van der Waals surface area contributed by atoms with Crippen LogP contribution in [0.3, 0.4) is 0 Å². The Kier molecular flexibility index (Phi) is 4.98. The molecular formula is C17H20N2O5S. The zero-order valence-electron chi connectivity index (χ0n) is 13.8. The summed E-state index contributed by atoms with van der Waals surface area (Å²) in [7, 11) is -3.33. The van der Waals surface area contributed by atoms with Gasteiger partial charge in [0.1, 0.15) is 17.3 Å². The summed E-state index contributed by atoms with van der Waals surface area (Å²) in [5, 5.41) is 2.20. The topological polar surface area (TPSA) is 88.9 Å². The van der Waals surface area contributed by atoms with E-state index < -0.39 is 15.1 Å². The molecule has 0 radical (unpaired) electrons. The number of amides is 2. The second-order valence-corrected chi connectivity index (χ2v) is 8.08. The highest BCUT2D eigenvalue weighted by atomic mass is 32.2. The largest absolute Gasteiger partial charge is 0.494 e. The fraction of sp³-hybridized carbons (Fsp3) is 0.353. The summed E-state index contributed by atoms with van der Waals surface area (Å²) in [5.74, 6) is 1.00. The zero-order chi connectivity index (χ0) is 17.9. The number of sulfone groups is 1. The molecule has 1 aliphatic heterocycles. The van der Waals surface area contributed by atoms with Gasteiger partial charge in [-0.1, -0.05) is 0 Å². The van der Waals surface area contributed by atoms with Crippen LogP contribution >= 0.6 is 0 Å². The van der Waals surface area contributed by atoms with Gasteiger partial charge >= 0.3 is 6.03 Å². The number of hydrogen-bond donors (Lipinski definition) is 1. The first-order valence-corrected chi connectivity index (χ1v) is 9.72.